The quantitative estimate of drug-likeness (QED) is 0.479. The predicted octanol–water partition coefficient (Wildman–Crippen LogP) is 1.51. The summed E-state index contributed by atoms with van der Waals surface area (Å²) in [4.78, 5) is 22.9. The highest BCUT2D eigenvalue weighted by Crippen LogP contribution is 2.34. The summed E-state index contributed by atoms with van der Waals surface area (Å²) in [6.07, 6.45) is 0. The van der Waals surface area contributed by atoms with E-state index in [4.69, 9.17) is 31.5 Å². The Bertz CT molecular complexity index is 762. The Balaban J connectivity index is 2.43. The standard InChI is InChI=1S/C17H20N2O6S/c1-4-24-12-7-10(5-6-11(12)25-8-13(20)21)15-14(16(22)23-3)9(2)18-17(26)19-15/h5-7,15H,4,8H2,1-3H3,(H,20,21)(H2,18,19,26)/t15-/m1/s1. The minimum absolute atomic E-state index is 0.301. The van der Waals surface area contributed by atoms with Crippen LogP contribution in [-0.2, 0) is 14.3 Å². The van der Waals surface area contributed by atoms with Crippen LogP contribution in [0.3, 0.4) is 0 Å². The van der Waals surface area contributed by atoms with Crippen molar-refractivity contribution in [3.63, 3.8) is 0 Å². The molecule has 0 fully saturated rings. The molecule has 1 atom stereocenters. The summed E-state index contributed by atoms with van der Waals surface area (Å²) in [6, 6.07) is 4.45. The molecule has 9 heteroatoms. The SMILES string of the molecule is CCOc1cc([C@H]2NC(=S)NC(C)=C2C(=O)OC)ccc1OCC(=O)O. The van der Waals surface area contributed by atoms with Gasteiger partial charge in [0.2, 0.25) is 0 Å². The smallest absolute Gasteiger partial charge is 0.341 e. The molecule has 1 heterocycles. The lowest BCUT2D eigenvalue weighted by Gasteiger charge is -2.30. The number of carboxylic acids is 1. The average Bonchev–Trinajstić information content (AvgIpc) is 2.59. The molecule has 0 unspecified atom stereocenters. The number of carbonyl (C=O) groups is 2. The van der Waals surface area contributed by atoms with Gasteiger partial charge in [-0.3, -0.25) is 0 Å². The lowest BCUT2D eigenvalue weighted by molar-refractivity contribution is -0.139. The van der Waals surface area contributed by atoms with Gasteiger partial charge < -0.3 is 30.0 Å². The van der Waals surface area contributed by atoms with E-state index in [1.165, 1.54) is 7.11 Å². The van der Waals surface area contributed by atoms with Crippen molar-refractivity contribution in [1.29, 1.82) is 0 Å². The Kier molecular flexibility index (Phi) is 6.40. The Morgan fingerprint density at radius 3 is 2.62 bits per heavy atom. The van der Waals surface area contributed by atoms with Crippen LogP contribution in [0.25, 0.3) is 0 Å². The number of hydrogen-bond acceptors (Lipinski definition) is 6. The third kappa shape index (κ3) is 4.42. The summed E-state index contributed by atoms with van der Waals surface area (Å²) in [7, 11) is 1.31. The maximum Gasteiger partial charge on any atom is 0.341 e. The zero-order chi connectivity index (χ0) is 19.3. The number of methoxy groups -OCH3 is 1. The van der Waals surface area contributed by atoms with Crippen molar-refractivity contribution in [2.45, 2.75) is 19.9 Å². The van der Waals surface area contributed by atoms with Crippen molar-refractivity contribution >= 4 is 29.3 Å². The normalized spacial score (nSPS) is 16.4. The van der Waals surface area contributed by atoms with Gasteiger partial charge in [-0.2, -0.15) is 0 Å². The molecule has 0 radical (unpaired) electrons. The van der Waals surface area contributed by atoms with Gasteiger partial charge in [-0.05, 0) is 43.8 Å². The summed E-state index contributed by atoms with van der Waals surface area (Å²) in [5, 5.41) is 15.1. The van der Waals surface area contributed by atoms with E-state index in [0.717, 1.165) is 0 Å². The molecule has 26 heavy (non-hydrogen) atoms. The van der Waals surface area contributed by atoms with Crippen molar-refractivity contribution in [3.05, 3.63) is 35.0 Å². The summed E-state index contributed by atoms with van der Waals surface area (Å²) < 4.78 is 15.7. The molecule has 0 aliphatic carbocycles. The average molecular weight is 380 g/mol. The van der Waals surface area contributed by atoms with E-state index in [1.54, 1.807) is 32.0 Å². The Hall–Kier alpha value is -2.81. The fourth-order valence-electron chi connectivity index (χ4n) is 2.56. The predicted molar refractivity (Wildman–Crippen MR) is 97.1 cm³/mol. The first-order valence-electron chi connectivity index (χ1n) is 7.85. The first kappa shape index (κ1) is 19.5. The molecular weight excluding hydrogens is 360 g/mol. The van der Waals surface area contributed by atoms with E-state index >= 15 is 0 Å². The molecule has 0 aromatic heterocycles. The topological polar surface area (TPSA) is 106 Å². The lowest BCUT2D eigenvalue weighted by Crippen LogP contribution is -2.45. The highest BCUT2D eigenvalue weighted by molar-refractivity contribution is 7.80. The van der Waals surface area contributed by atoms with E-state index in [0.29, 0.717) is 40.1 Å². The molecule has 1 aromatic carbocycles. The second-order valence-electron chi connectivity index (χ2n) is 5.38. The molecule has 1 aliphatic rings. The zero-order valence-corrected chi connectivity index (χ0v) is 15.4. The van der Waals surface area contributed by atoms with Gasteiger partial charge in [-0.25, -0.2) is 9.59 Å². The number of benzene rings is 1. The Morgan fingerprint density at radius 2 is 2.00 bits per heavy atom. The number of hydrogen-bond donors (Lipinski definition) is 3. The molecule has 140 valence electrons. The highest BCUT2D eigenvalue weighted by atomic mass is 32.1. The molecule has 1 aliphatic heterocycles. The van der Waals surface area contributed by atoms with Crippen molar-refractivity contribution in [2.24, 2.45) is 0 Å². The fraction of sp³-hybridized carbons (Fsp3) is 0.353. The summed E-state index contributed by atoms with van der Waals surface area (Å²) >= 11 is 5.19. The van der Waals surface area contributed by atoms with E-state index < -0.39 is 24.6 Å². The zero-order valence-electron chi connectivity index (χ0n) is 14.6. The van der Waals surface area contributed by atoms with Gasteiger partial charge in [-0.15, -0.1) is 0 Å². The summed E-state index contributed by atoms with van der Waals surface area (Å²) in [6.45, 7) is 3.42. The monoisotopic (exact) mass is 380 g/mol. The van der Waals surface area contributed by atoms with Crippen LogP contribution in [0, 0.1) is 0 Å². The molecule has 0 spiro atoms. The molecule has 0 saturated carbocycles. The van der Waals surface area contributed by atoms with Crippen molar-refractivity contribution in [1.82, 2.24) is 10.6 Å². The second kappa shape index (κ2) is 8.52. The summed E-state index contributed by atoms with van der Waals surface area (Å²) in [5.74, 6) is -0.901. The molecule has 8 nitrogen and oxygen atoms in total. The van der Waals surface area contributed by atoms with Gasteiger partial charge >= 0.3 is 11.9 Å². The van der Waals surface area contributed by atoms with E-state index in [9.17, 15) is 9.59 Å². The minimum atomic E-state index is -1.09. The third-order valence-electron chi connectivity index (χ3n) is 3.63. The van der Waals surface area contributed by atoms with Crippen LogP contribution in [0.5, 0.6) is 11.5 Å². The van der Waals surface area contributed by atoms with E-state index in [2.05, 4.69) is 10.6 Å². The Labute approximate surface area is 156 Å². The van der Waals surface area contributed by atoms with E-state index in [1.807, 2.05) is 0 Å². The van der Waals surface area contributed by atoms with Crippen LogP contribution in [0.4, 0.5) is 0 Å². The maximum absolute atomic E-state index is 12.2. The molecule has 0 saturated heterocycles. The molecule has 0 amide bonds. The first-order chi connectivity index (χ1) is 12.4. The van der Waals surface area contributed by atoms with E-state index in [-0.39, 0.29) is 0 Å². The summed E-state index contributed by atoms with van der Waals surface area (Å²) in [5.41, 5.74) is 1.68. The van der Waals surface area contributed by atoms with Crippen molar-refractivity contribution in [2.75, 3.05) is 20.3 Å². The molecular formula is C17H20N2O6S. The highest BCUT2D eigenvalue weighted by Gasteiger charge is 2.31. The number of aliphatic carboxylic acids is 1. The van der Waals surface area contributed by atoms with Gasteiger partial charge in [-0.1, -0.05) is 6.07 Å². The van der Waals surface area contributed by atoms with Crippen LogP contribution < -0.4 is 20.1 Å². The van der Waals surface area contributed by atoms with Gasteiger partial charge in [0.25, 0.3) is 0 Å². The van der Waals surface area contributed by atoms with Crippen LogP contribution in [0.2, 0.25) is 0 Å². The third-order valence-corrected chi connectivity index (χ3v) is 3.85. The number of allylic oxidation sites excluding steroid dienone is 1. The fourth-order valence-corrected chi connectivity index (χ4v) is 2.83. The minimum Gasteiger partial charge on any atom is -0.490 e. The van der Waals surface area contributed by atoms with Crippen LogP contribution in [-0.4, -0.2) is 42.5 Å². The number of carbonyl (C=O) groups excluding carboxylic acids is 1. The molecule has 2 rings (SSSR count). The number of thiocarbonyl (C=S) groups is 1. The number of nitrogens with one attached hydrogen (secondary N) is 2. The number of rotatable bonds is 7. The van der Waals surface area contributed by atoms with Crippen LogP contribution in [0.15, 0.2) is 29.5 Å². The number of ether oxygens (including phenoxy) is 3. The van der Waals surface area contributed by atoms with Gasteiger partial charge in [0.15, 0.2) is 23.2 Å². The molecule has 0 bridgehead atoms. The van der Waals surface area contributed by atoms with Gasteiger partial charge in [0.1, 0.15) is 0 Å². The van der Waals surface area contributed by atoms with Crippen LogP contribution in [0.1, 0.15) is 25.5 Å². The van der Waals surface area contributed by atoms with Gasteiger partial charge in [0, 0.05) is 5.70 Å². The van der Waals surface area contributed by atoms with Crippen molar-refractivity contribution in [3.8, 4) is 11.5 Å². The largest absolute Gasteiger partial charge is 0.490 e. The van der Waals surface area contributed by atoms with Crippen molar-refractivity contribution < 1.29 is 28.9 Å². The number of esters is 1. The lowest BCUT2D eigenvalue weighted by atomic mass is 9.95. The number of carboxylic acid groups (broad SMARTS) is 1. The Morgan fingerprint density at radius 1 is 1.27 bits per heavy atom. The maximum atomic E-state index is 12.2. The first-order valence-corrected chi connectivity index (χ1v) is 8.26. The molecule has 1 aromatic rings. The van der Waals surface area contributed by atoms with Crippen LogP contribution >= 0.6 is 12.2 Å². The van der Waals surface area contributed by atoms with Gasteiger partial charge in [0.05, 0.1) is 25.3 Å². The second-order valence-corrected chi connectivity index (χ2v) is 5.79. The molecule has 3 N–H and O–H groups in total.